The Balaban J connectivity index is 1.73. The number of rotatable bonds is 2. The molecular weight excluding hydrogens is 262 g/mol. The van der Waals surface area contributed by atoms with Crippen molar-refractivity contribution in [3.05, 3.63) is 48.0 Å². The first kappa shape index (κ1) is 12.3. The zero-order valence-corrected chi connectivity index (χ0v) is 12.0. The number of nitrogens with zero attached hydrogens (tertiary/aromatic N) is 4. The van der Waals surface area contributed by atoms with Crippen LogP contribution in [-0.4, -0.2) is 26.5 Å². The van der Waals surface area contributed by atoms with Gasteiger partial charge >= 0.3 is 0 Å². The number of fused-ring (bicyclic) bond motifs is 1. The van der Waals surface area contributed by atoms with Gasteiger partial charge in [0.15, 0.2) is 0 Å². The van der Waals surface area contributed by atoms with Crippen molar-refractivity contribution < 1.29 is 0 Å². The first-order valence-corrected chi connectivity index (χ1v) is 7.32. The first-order chi connectivity index (χ1) is 10.3. The molecule has 0 saturated carbocycles. The second-order valence-corrected chi connectivity index (χ2v) is 5.49. The summed E-state index contributed by atoms with van der Waals surface area (Å²) < 4.78 is 0. The molecule has 3 heterocycles. The molecule has 4 rings (SSSR count). The maximum atomic E-state index is 4.74. The quantitative estimate of drug-likeness (QED) is 0.783. The zero-order valence-electron chi connectivity index (χ0n) is 12.0. The molecule has 1 aliphatic rings. The van der Waals surface area contributed by atoms with Crippen molar-refractivity contribution in [2.24, 2.45) is 0 Å². The van der Waals surface area contributed by atoms with Crippen LogP contribution in [0.2, 0.25) is 0 Å². The van der Waals surface area contributed by atoms with Crippen molar-refractivity contribution in [2.75, 3.05) is 11.4 Å². The Morgan fingerprint density at radius 3 is 2.95 bits per heavy atom. The number of aromatic nitrogens is 4. The number of nitrogens with one attached hydrogen (secondary N) is 1. The van der Waals surface area contributed by atoms with Gasteiger partial charge in [0.25, 0.3) is 0 Å². The van der Waals surface area contributed by atoms with Crippen LogP contribution in [0.1, 0.15) is 30.4 Å². The van der Waals surface area contributed by atoms with Crippen molar-refractivity contribution in [3.8, 4) is 0 Å². The highest BCUT2D eigenvalue weighted by atomic mass is 15.3. The van der Waals surface area contributed by atoms with Crippen LogP contribution in [-0.2, 0) is 0 Å². The second kappa shape index (κ2) is 4.84. The van der Waals surface area contributed by atoms with Gasteiger partial charge in [0.05, 0.1) is 17.1 Å². The van der Waals surface area contributed by atoms with Crippen LogP contribution in [0.25, 0.3) is 11.0 Å². The van der Waals surface area contributed by atoms with E-state index in [0.29, 0.717) is 0 Å². The summed E-state index contributed by atoms with van der Waals surface area (Å²) in [6.07, 6.45) is 4.04. The number of hydrogen-bond donors (Lipinski definition) is 1. The van der Waals surface area contributed by atoms with Crippen LogP contribution in [0.15, 0.2) is 36.5 Å². The standard InChI is InChI=1S/C16H17N5/c1-11-8-9-17-16(18-11)21-10-4-7-14(21)15-19-12-5-2-3-6-13(12)20-15/h2-3,5-6,8-9,14H,4,7,10H2,1H3,(H,19,20)/t14-/m1/s1. The maximum Gasteiger partial charge on any atom is 0.226 e. The fraction of sp³-hybridized carbons (Fsp3) is 0.312. The Labute approximate surface area is 123 Å². The summed E-state index contributed by atoms with van der Waals surface area (Å²) in [5.74, 6) is 1.82. The van der Waals surface area contributed by atoms with E-state index in [1.807, 2.05) is 37.4 Å². The SMILES string of the molecule is Cc1ccnc(N2CCC[C@@H]2c2nc3ccccc3[nH]2)n1. The maximum absolute atomic E-state index is 4.74. The van der Waals surface area contributed by atoms with Crippen LogP contribution in [0.3, 0.4) is 0 Å². The number of aromatic amines is 1. The van der Waals surface area contributed by atoms with Crippen LogP contribution >= 0.6 is 0 Å². The number of H-pyrrole nitrogens is 1. The van der Waals surface area contributed by atoms with Gasteiger partial charge < -0.3 is 9.88 Å². The van der Waals surface area contributed by atoms with Crippen molar-refractivity contribution >= 4 is 17.0 Å². The lowest BCUT2D eigenvalue weighted by molar-refractivity contribution is 0.664. The van der Waals surface area contributed by atoms with Gasteiger partial charge in [-0.15, -0.1) is 0 Å². The molecule has 5 heteroatoms. The lowest BCUT2D eigenvalue weighted by atomic mass is 10.2. The molecule has 1 aromatic carbocycles. The topological polar surface area (TPSA) is 57.7 Å². The number of benzene rings is 1. The van der Waals surface area contributed by atoms with E-state index in [4.69, 9.17) is 4.98 Å². The summed E-state index contributed by atoms with van der Waals surface area (Å²) in [6, 6.07) is 10.3. The van der Waals surface area contributed by atoms with E-state index in [0.717, 1.165) is 47.9 Å². The van der Waals surface area contributed by atoms with Crippen molar-refractivity contribution in [1.82, 2.24) is 19.9 Å². The Bertz CT molecular complexity index is 746. The van der Waals surface area contributed by atoms with E-state index in [9.17, 15) is 0 Å². The molecule has 1 atom stereocenters. The monoisotopic (exact) mass is 279 g/mol. The summed E-state index contributed by atoms with van der Waals surface area (Å²) >= 11 is 0. The third-order valence-corrected chi connectivity index (χ3v) is 4.02. The summed E-state index contributed by atoms with van der Waals surface area (Å²) in [5.41, 5.74) is 3.10. The molecule has 1 saturated heterocycles. The highest BCUT2D eigenvalue weighted by Gasteiger charge is 2.30. The van der Waals surface area contributed by atoms with E-state index < -0.39 is 0 Å². The third kappa shape index (κ3) is 2.14. The molecule has 1 fully saturated rings. The van der Waals surface area contributed by atoms with Gasteiger partial charge in [-0.05, 0) is 38.0 Å². The van der Waals surface area contributed by atoms with Gasteiger partial charge in [-0.2, -0.15) is 0 Å². The molecule has 21 heavy (non-hydrogen) atoms. The summed E-state index contributed by atoms with van der Waals surface area (Å²) in [6.45, 7) is 2.97. The van der Waals surface area contributed by atoms with Gasteiger partial charge in [0.2, 0.25) is 5.95 Å². The van der Waals surface area contributed by atoms with Gasteiger partial charge in [-0.1, -0.05) is 12.1 Å². The number of aryl methyl sites for hydroxylation is 1. The summed E-state index contributed by atoms with van der Waals surface area (Å²) in [5, 5.41) is 0. The minimum atomic E-state index is 0.235. The fourth-order valence-corrected chi connectivity index (χ4v) is 2.99. The molecule has 1 aliphatic heterocycles. The van der Waals surface area contributed by atoms with E-state index in [-0.39, 0.29) is 6.04 Å². The Morgan fingerprint density at radius 1 is 1.19 bits per heavy atom. The molecule has 106 valence electrons. The Morgan fingerprint density at radius 2 is 2.10 bits per heavy atom. The van der Waals surface area contributed by atoms with Gasteiger partial charge in [-0.25, -0.2) is 15.0 Å². The largest absolute Gasteiger partial charge is 0.340 e. The molecule has 5 nitrogen and oxygen atoms in total. The molecule has 0 aliphatic carbocycles. The first-order valence-electron chi connectivity index (χ1n) is 7.32. The molecule has 0 amide bonds. The molecule has 1 N–H and O–H groups in total. The van der Waals surface area contributed by atoms with E-state index >= 15 is 0 Å². The predicted molar refractivity (Wildman–Crippen MR) is 82.2 cm³/mol. The number of imidazole rings is 1. The average Bonchev–Trinajstić information content (AvgIpc) is 3.13. The lowest BCUT2D eigenvalue weighted by Gasteiger charge is -2.23. The normalized spacial score (nSPS) is 18.5. The predicted octanol–water partition coefficient (Wildman–Crippen LogP) is 3.00. The highest BCUT2D eigenvalue weighted by molar-refractivity contribution is 5.75. The van der Waals surface area contributed by atoms with Crippen molar-refractivity contribution in [1.29, 1.82) is 0 Å². The Kier molecular flexibility index (Phi) is 2.84. The average molecular weight is 279 g/mol. The van der Waals surface area contributed by atoms with Crippen LogP contribution in [0.5, 0.6) is 0 Å². The molecule has 0 bridgehead atoms. The van der Waals surface area contributed by atoms with Gasteiger partial charge in [0.1, 0.15) is 5.82 Å². The number of para-hydroxylation sites is 2. The minimum Gasteiger partial charge on any atom is -0.340 e. The van der Waals surface area contributed by atoms with E-state index in [2.05, 4.69) is 25.9 Å². The van der Waals surface area contributed by atoms with Crippen LogP contribution in [0.4, 0.5) is 5.95 Å². The van der Waals surface area contributed by atoms with Crippen LogP contribution in [0, 0.1) is 6.92 Å². The lowest BCUT2D eigenvalue weighted by Crippen LogP contribution is -2.25. The van der Waals surface area contributed by atoms with E-state index in [1.165, 1.54) is 0 Å². The number of hydrogen-bond acceptors (Lipinski definition) is 4. The fourth-order valence-electron chi connectivity index (χ4n) is 2.99. The molecule has 2 aromatic heterocycles. The van der Waals surface area contributed by atoms with Gasteiger partial charge in [-0.3, -0.25) is 0 Å². The molecule has 0 unspecified atom stereocenters. The zero-order chi connectivity index (χ0) is 14.2. The molecular formula is C16H17N5. The Hall–Kier alpha value is -2.43. The smallest absolute Gasteiger partial charge is 0.226 e. The van der Waals surface area contributed by atoms with Crippen molar-refractivity contribution in [2.45, 2.75) is 25.8 Å². The molecule has 0 spiro atoms. The van der Waals surface area contributed by atoms with Crippen LogP contribution < -0.4 is 4.90 Å². The minimum absolute atomic E-state index is 0.235. The third-order valence-electron chi connectivity index (χ3n) is 4.02. The summed E-state index contributed by atoms with van der Waals surface area (Å²) in [4.78, 5) is 19.4. The van der Waals surface area contributed by atoms with Crippen molar-refractivity contribution in [3.63, 3.8) is 0 Å². The van der Waals surface area contributed by atoms with E-state index in [1.54, 1.807) is 0 Å². The summed E-state index contributed by atoms with van der Waals surface area (Å²) in [7, 11) is 0. The highest BCUT2D eigenvalue weighted by Crippen LogP contribution is 2.33. The number of anilines is 1. The second-order valence-electron chi connectivity index (χ2n) is 5.49. The molecule has 0 radical (unpaired) electrons. The molecule has 3 aromatic rings. The van der Waals surface area contributed by atoms with Gasteiger partial charge in [0, 0.05) is 18.4 Å².